The molecule has 4 aromatic rings. The maximum absolute atomic E-state index is 13.3. The zero-order valence-electron chi connectivity index (χ0n) is 14.5. The molecule has 2 aromatic heterocycles. The van der Waals surface area contributed by atoms with Gasteiger partial charge >= 0.3 is 0 Å². The molecule has 0 aliphatic carbocycles. The number of nitrogens with one attached hydrogen (secondary N) is 2. The second-order valence-corrected chi connectivity index (χ2v) is 5.77. The largest absolute Gasteiger partial charge is 0.496 e. The van der Waals surface area contributed by atoms with Crippen molar-refractivity contribution in [2.45, 2.75) is 0 Å². The average molecular weight is 366 g/mol. The Kier molecular flexibility index (Phi) is 4.08. The van der Waals surface area contributed by atoms with Crippen LogP contribution in [0.3, 0.4) is 0 Å². The van der Waals surface area contributed by atoms with Gasteiger partial charge in [-0.25, -0.2) is 9.37 Å². The van der Waals surface area contributed by atoms with Crippen LogP contribution in [0.2, 0.25) is 0 Å². The third kappa shape index (κ3) is 2.80. The summed E-state index contributed by atoms with van der Waals surface area (Å²) < 4.78 is 24.7. The van der Waals surface area contributed by atoms with Gasteiger partial charge in [-0.05, 0) is 36.4 Å². The maximum Gasteiger partial charge on any atom is 0.255 e. The van der Waals surface area contributed by atoms with Crippen molar-refractivity contribution in [1.29, 1.82) is 0 Å². The number of hydrogen-bond donors (Lipinski definition) is 2. The van der Waals surface area contributed by atoms with Crippen molar-refractivity contribution in [2.24, 2.45) is 0 Å². The second kappa shape index (κ2) is 6.56. The fraction of sp³-hybridized carbons (Fsp3) is 0.105. The highest BCUT2D eigenvalue weighted by Crippen LogP contribution is 2.39. The number of furan rings is 1. The highest BCUT2D eigenvalue weighted by molar-refractivity contribution is 6.12. The maximum atomic E-state index is 13.3. The summed E-state index contributed by atoms with van der Waals surface area (Å²) in [5.74, 6) is 0.681. The number of methoxy groups -OCH3 is 1. The molecule has 0 radical (unpaired) electrons. The third-order valence-corrected chi connectivity index (χ3v) is 4.24. The Hall–Kier alpha value is -3.68. The highest BCUT2D eigenvalue weighted by atomic mass is 19.1. The lowest BCUT2D eigenvalue weighted by atomic mass is 10.0. The molecular weight excluding hydrogens is 351 g/mol. The first-order valence-corrected chi connectivity index (χ1v) is 8.10. The second-order valence-electron chi connectivity index (χ2n) is 5.77. The van der Waals surface area contributed by atoms with Crippen LogP contribution in [0.25, 0.3) is 33.7 Å². The number of hydrogen-bond acceptors (Lipinski definition) is 5. The predicted octanol–water partition coefficient (Wildman–Crippen LogP) is 3.39. The number of nitrogens with zero attached hydrogens (tertiary/aromatic N) is 2. The molecule has 27 heavy (non-hydrogen) atoms. The van der Waals surface area contributed by atoms with Crippen LogP contribution in [0.4, 0.5) is 4.39 Å². The molecule has 1 amide bonds. The number of fused-ring (bicyclic) bond motifs is 1. The Bertz CT molecular complexity index is 1120. The summed E-state index contributed by atoms with van der Waals surface area (Å²) in [6.45, 7) is 0. The van der Waals surface area contributed by atoms with Gasteiger partial charge in [0.25, 0.3) is 5.91 Å². The highest BCUT2D eigenvalue weighted by Gasteiger charge is 2.24. The minimum Gasteiger partial charge on any atom is -0.496 e. The van der Waals surface area contributed by atoms with Crippen molar-refractivity contribution >= 4 is 16.9 Å². The van der Waals surface area contributed by atoms with E-state index >= 15 is 0 Å². The van der Waals surface area contributed by atoms with E-state index in [-0.39, 0.29) is 11.7 Å². The predicted molar refractivity (Wildman–Crippen MR) is 96.9 cm³/mol. The van der Waals surface area contributed by atoms with Gasteiger partial charge in [-0.2, -0.15) is 5.10 Å². The molecule has 0 bridgehead atoms. The SMILES string of the molecule is CNC(=O)c1c(-c2ccc(F)cc2)oc2cc(-c3ncn[nH]3)c(OC)cc12. The van der Waals surface area contributed by atoms with E-state index in [4.69, 9.17) is 9.15 Å². The first kappa shape index (κ1) is 16.8. The summed E-state index contributed by atoms with van der Waals surface area (Å²) in [6.07, 6.45) is 1.39. The van der Waals surface area contributed by atoms with Gasteiger partial charge in [0.05, 0.1) is 18.2 Å². The van der Waals surface area contributed by atoms with E-state index in [9.17, 15) is 9.18 Å². The van der Waals surface area contributed by atoms with E-state index in [1.54, 1.807) is 24.3 Å². The molecule has 0 saturated carbocycles. The van der Waals surface area contributed by atoms with Gasteiger partial charge in [-0.1, -0.05) is 0 Å². The number of amides is 1. The molecule has 0 atom stereocenters. The van der Waals surface area contributed by atoms with E-state index in [1.165, 1.54) is 32.6 Å². The number of carbonyl (C=O) groups is 1. The Morgan fingerprint density at radius 2 is 2.04 bits per heavy atom. The first-order chi connectivity index (χ1) is 13.1. The van der Waals surface area contributed by atoms with Crippen LogP contribution < -0.4 is 10.1 Å². The molecule has 0 spiro atoms. The van der Waals surface area contributed by atoms with Crippen LogP contribution in [-0.4, -0.2) is 35.2 Å². The minimum absolute atomic E-state index is 0.317. The van der Waals surface area contributed by atoms with Crippen molar-refractivity contribution in [3.8, 4) is 28.5 Å². The van der Waals surface area contributed by atoms with Crippen molar-refractivity contribution in [3.05, 3.63) is 54.1 Å². The number of H-pyrrole nitrogens is 1. The molecule has 136 valence electrons. The number of ether oxygens (including phenoxy) is 1. The van der Waals surface area contributed by atoms with Gasteiger partial charge in [0, 0.05) is 18.0 Å². The van der Waals surface area contributed by atoms with Gasteiger partial charge in [0.2, 0.25) is 0 Å². The summed E-state index contributed by atoms with van der Waals surface area (Å²) in [5, 5.41) is 9.83. The van der Waals surface area contributed by atoms with Crippen LogP contribution >= 0.6 is 0 Å². The summed E-state index contributed by atoms with van der Waals surface area (Å²) in [5.41, 5.74) is 2.05. The first-order valence-electron chi connectivity index (χ1n) is 8.10. The fourth-order valence-corrected chi connectivity index (χ4v) is 2.97. The molecule has 0 saturated heterocycles. The average Bonchev–Trinajstić information content (AvgIpc) is 3.34. The lowest BCUT2D eigenvalue weighted by molar-refractivity contribution is 0.0964. The molecule has 2 aromatic carbocycles. The van der Waals surface area contributed by atoms with Crippen molar-refractivity contribution < 1.29 is 18.3 Å². The molecule has 8 heteroatoms. The van der Waals surface area contributed by atoms with Crippen molar-refractivity contribution in [3.63, 3.8) is 0 Å². The summed E-state index contributed by atoms with van der Waals surface area (Å²) in [7, 11) is 3.07. The zero-order valence-corrected chi connectivity index (χ0v) is 14.5. The van der Waals surface area contributed by atoms with E-state index in [0.717, 1.165) is 0 Å². The molecule has 0 aliphatic rings. The molecule has 2 heterocycles. The number of rotatable bonds is 4. The number of carbonyl (C=O) groups excluding carboxylic acids is 1. The van der Waals surface area contributed by atoms with Crippen molar-refractivity contribution in [1.82, 2.24) is 20.5 Å². The topological polar surface area (TPSA) is 93.0 Å². The Morgan fingerprint density at radius 1 is 1.26 bits per heavy atom. The normalized spacial score (nSPS) is 10.9. The summed E-state index contributed by atoms with van der Waals surface area (Å²) in [4.78, 5) is 16.7. The minimum atomic E-state index is -0.370. The molecule has 0 unspecified atom stereocenters. The van der Waals surface area contributed by atoms with E-state index < -0.39 is 0 Å². The van der Waals surface area contributed by atoms with Gasteiger partial charge in [-0.15, -0.1) is 0 Å². The molecule has 0 fully saturated rings. The lowest BCUT2D eigenvalue weighted by Crippen LogP contribution is -2.18. The smallest absolute Gasteiger partial charge is 0.255 e. The lowest BCUT2D eigenvalue weighted by Gasteiger charge is -2.06. The van der Waals surface area contributed by atoms with Crippen LogP contribution in [0, 0.1) is 5.82 Å². The van der Waals surface area contributed by atoms with E-state index in [1.807, 2.05) is 0 Å². The fourth-order valence-electron chi connectivity index (χ4n) is 2.97. The van der Waals surface area contributed by atoms with E-state index in [2.05, 4.69) is 20.5 Å². The quantitative estimate of drug-likeness (QED) is 0.577. The Morgan fingerprint density at radius 3 is 2.67 bits per heavy atom. The van der Waals surface area contributed by atoms with Gasteiger partial charge in [-0.3, -0.25) is 9.89 Å². The Balaban J connectivity index is 2.01. The molecule has 7 nitrogen and oxygen atoms in total. The van der Waals surface area contributed by atoms with Crippen LogP contribution in [0.5, 0.6) is 5.75 Å². The molecule has 0 aliphatic heterocycles. The number of benzene rings is 2. The van der Waals surface area contributed by atoms with Gasteiger partial charge in [0.15, 0.2) is 5.82 Å². The van der Waals surface area contributed by atoms with Gasteiger partial charge in [0.1, 0.15) is 29.2 Å². The number of halogens is 1. The summed E-state index contributed by atoms with van der Waals surface area (Å²) >= 11 is 0. The van der Waals surface area contributed by atoms with Crippen LogP contribution in [0.1, 0.15) is 10.4 Å². The molecule has 4 rings (SSSR count). The molecule has 2 N–H and O–H groups in total. The standard InChI is InChI=1S/C19H15FN4O3/c1-21-19(25)16-12-7-14(26-2)13(18-22-9-23-24-18)8-15(12)27-17(16)10-3-5-11(20)6-4-10/h3-9H,1-2H3,(H,21,25)(H,22,23,24). The number of aromatic nitrogens is 3. The monoisotopic (exact) mass is 366 g/mol. The van der Waals surface area contributed by atoms with Crippen molar-refractivity contribution in [2.75, 3.05) is 14.2 Å². The van der Waals surface area contributed by atoms with Crippen LogP contribution in [0.15, 0.2) is 47.1 Å². The Labute approximate surface area is 153 Å². The summed E-state index contributed by atoms with van der Waals surface area (Å²) in [6, 6.07) is 9.21. The van der Waals surface area contributed by atoms with E-state index in [0.29, 0.717) is 45.0 Å². The van der Waals surface area contributed by atoms with Gasteiger partial charge < -0.3 is 14.5 Å². The molecular formula is C19H15FN4O3. The zero-order chi connectivity index (χ0) is 19.0. The van der Waals surface area contributed by atoms with Crippen LogP contribution in [-0.2, 0) is 0 Å². The third-order valence-electron chi connectivity index (χ3n) is 4.24. The number of aromatic amines is 1.